The van der Waals surface area contributed by atoms with E-state index in [1.807, 2.05) is 0 Å². The van der Waals surface area contributed by atoms with Crippen LogP contribution in [0.25, 0.3) is 0 Å². The summed E-state index contributed by atoms with van der Waals surface area (Å²) in [6.45, 7) is 8.78. The van der Waals surface area contributed by atoms with Crippen LogP contribution in [0.3, 0.4) is 0 Å². The van der Waals surface area contributed by atoms with Crippen LogP contribution in [0.4, 0.5) is 0 Å². The summed E-state index contributed by atoms with van der Waals surface area (Å²) in [6.07, 6.45) is 0. The molecule has 0 aromatic heterocycles. The lowest BCUT2D eigenvalue weighted by Crippen LogP contribution is -2.48. The van der Waals surface area contributed by atoms with Gasteiger partial charge in [-0.3, -0.25) is 9.89 Å². The lowest BCUT2D eigenvalue weighted by molar-refractivity contribution is 0.121. The third-order valence-corrected chi connectivity index (χ3v) is 4.14. The van der Waals surface area contributed by atoms with Gasteiger partial charge in [0.05, 0.1) is 17.2 Å². The van der Waals surface area contributed by atoms with E-state index >= 15 is 0 Å². The van der Waals surface area contributed by atoms with Gasteiger partial charge in [0.15, 0.2) is 0 Å². The SMILES string of the molecule is CN1C(C)(C)N=C(SCCO)C1(C)C. The zero-order chi connectivity index (χ0) is 11.0. The minimum atomic E-state index is -0.124. The summed E-state index contributed by atoms with van der Waals surface area (Å²) < 4.78 is 0. The van der Waals surface area contributed by atoms with Gasteiger partial charge >= 0.3 is 0 Å². The van der Waals surface area contributed by atoms with Crippen molar-refractivity contribution in [1.29, 1.82) is 0 Å². The summed E-state index contributed by atoms with van der Waals surface area (Å²) in [6, 6.07) is 0. The number of hydrogen-bond donors (Lipinski definition) is 1. The van der Waals surface area contributed by atoms with Crippen LogP contribution in [0.1, 0.15) is 27.7 Å². The summed E-state index contributed by atoms with van der Waals surface area (Å²) in [7, 11) is 2.09. The molecule has 14 heavy (non-hydrogen) atoms. The molecule has 0 unspecified atom stereocenters. The topological polar surface area (TPSA) is 35.8 Å². The van der Waals surface area contributed by atoms with Gasteiger partial charge in [-0.1, -0.05) is 0 Å². The zero-order valence-electron chi connectivity index (χ0n) is 9.66. The van der Waals surface area contributed by atoms with E-state index in [2.05, 4.69) is 44.6 Å². The zero-order valence-corrected chi connectivity index (χ0v) is 10.5. The second-order valence-corrected chi connectivity index (χ2v) is 5.69. The third kappa shape index (κ3) is 1.97. The van der Waals surface area contributed by atoms with Gasteiger partial charge in [0.2, 0.25) is 0 Å². The van der Waals surface area contributed by atoms with Crippen LogP contribution in [0.15, 0.2) is 4.99 Å². The van der Waals surface area contributed by atoms with E-state index in [9.17, 15) is 0 Å². The Hall–Kier alpha value is -0.0600. The van der Waals surface area contributed by atoms with Crippen molar-refractivity contribution in [3.63, 3.8) is 0 Å². The summed E-state index contributed by atoms with van der Waals surface area (Å²) >= 11 is 1.66. The van der Waals surface area contributed by atoms with Crippen molar-refractivity contribution in [2.24, 2.45) is 4.99 Å². The average Bonchev–Trinajstić information content (AvgIpc) is 2.23. The molecule has 0 spiro atoms. The Morgan fingerprint density at radius 3 is 2.29 bits per heavy atom. The number of rotatable bonds is 2. The molecule has 0 fully saturated rings. The molecule has 4 heteroatoms. The number of thioether (sulfide) groups is 1. The van der Waals surface area contributed by atoms with Crippen molar-refractivity contribution in [3.8, 4) is 0 Å². The fraction of sp³-hybridized carbons (Fsp3) is 0.900. The van der Waals surface area contributed by atoms with Crippen LogP contribution >= 0.6 is 11.8 Å². The fourth-order valence-corrected chi connectivity index (χ4v) is 2.70. The van der Waals surface area contributed by atoms with Crippen LogP contribution in [0.5, 0.6) is 0 Å². The molecule has 0 aromatic rings. The van der Waals surface area contributed by atoms with Crippen LogP contribution in [0.2, 0.25) is 0 Å². The van der Waals surface area contributed by atoms with Gasteiger partial charge in [0, 0.05) is 5.75 Å². The van der Waals surface area contributed by atoms with Gasteiger partial charge in [-0.05, 0) is 34.7 Å². The average molecular weight is 216 g/mol. The number of hydrogen-bond acceptors (Lipinski definition) is 4. The molecular weight excluding hydrogens is 196 g/mol. The number of aliphatic hydroxyl groups excluding tert-OH is 1. The van der Waals surface area contributed by atoms with Gasteiger partial charge in [0.1, 0.15) is 5.66 Å². The van der Waals surface area contributed by atoms with Gasteiger partial charge in [0.25, 0.3) is 0 Å². The first kappa shape index (κ1) is 12.0. The van der Waals surface area contributed by atoms with Crippen molar-refractivity contribution in [2.75, 3.05) is 19.4 Å². The lowest BCUT2D eigenvalue weighted by Gasteiger charge is -2.36. The molecular formula is C10H20N2OS. The Labute approximate surface area is 90.6 Å². The molecule has 3 nitrogen and oxygen atoms in total. The summed E-state index contributed by atoms with van der Waals surface area (Å²) in [5.74, 6) is 0.728. The highest BCUT2D eigenvalue weighted by Gasteiger charge is 2.44. The van der Waals surface area contributed by atoms with E-state index < -0.39 is 0 Å². The Balaban J connectivity index is 2.83. The van der Waals surface area contributed by atoms with Gasteiger partial charge in [-0.25, -0.2) is 0 Å². The van der Waals surface area contributed by atoms with Gasteiger partial charge < -0.3 is 5.11 Å². The quantitative estimate of drug-likeness (QED) is 0.761. The smallest absolute Gasteiger partial charge is 0.109 e. The van der Waals surface area contributed by atoms with E-state index in [1.54, 1.807) is 11.8 Å². The molecule has 1 N–H and O–H groups in total. The molecule has 1 heterocycles. The number of nitrogens with zero attached hydrogens (tertiary/aromatic N) is 2. The van der Waals surface area contributed by atoms with Gasteiger partial charge in [-0.2, -0.15) is 0 Å². The minimum Gasteiger partial charge on any atom is -0.396 e. The fourth-order valence-electron chi connectivity index (χ4n) is 1.64. The maximum Gasteiger partial charge on any atom is 0.109 e. The first-order chi connectivity index (χ1) is 6.32. The number of aliphatic hydroxyl groups is 1. The molecule has 1 aliphatic rings. The Morgan fingerprint density at radius 1 is 1.36 bits per heavy atom. The van der Waals surface area contributed by atoms with E-state index in [0.29, 0.717) is 0 Å². The standard InChI is InChI=1S/C10H20N2OS/c1-9(2)8(14-7-6-13)11-10(3,4)12(9)5/h13H,6-7H2,1-5H3. The van der Waals surface area contributed by atoms with Crippen molar-refractivity contribution >= 4 is 16.8 Å². The maximum atomic E-state index is 8.80. The van der Waals surface area contributed by atoms with Crippen molar-refractivity contribution in [2.45, 2.75) is 38.9 Å². The number of aliphatic imine (C=N–C) groups is 1. The predicted octanol–water partition coefficient (Wildman–Crippen LogP) is 1.57. The molecule has 82 valence electrons. The summed E-state index contributed by atoms with van der Waals surface area (Å²) in [5.41, 5.74) is -0.134. The van der Waals surface area contributed by atoms with Crippen molar-refractivity contribution in [1.82, 2.24) is 4.90 Å². The van der Waals surface area contributed by atoms with E-state index in [-0.39, 0.29) is 17.8 Å². The molecule has 0 saturated carbocycles. The molecule has 0 radical (unpaired) electrons. The highest BCUT2D eigenvalue weighted by molar-refractivity contribution is 8.14. The predicted molar refractivity (Wildman–Crippen MR) is 62.9 cm³/mol. The van der Waals surface area contributed by atoms with Crippen molar-refractivity contribution < 1.29 is 5.11 Å². The highest BCUT2D eigenvalue weighted by Crippen LogP contribution is 2.36. The van der Waals surface area contributed by atoms with E-state index in [4.69, 9.17) is 5.11 Å². The Bertz CT molecular complexity index is 249. The van der Waals surface area contributed by atoms with Crippen LogP contribution in [-0.4, -0.2) is 45.7 Å². The van der Waals surface area contributed by atoms with E-state index in [0.717, 1.165) is 10.8 Å². The first-order valence-electron chi connectivity index (χ1n) is 4.90. The molecule has 1 rings (SSSR count). The first-order valence-corrected chi connectivity index (χ1v) is 5.89. The Morgan fingerprint density at radius 2 is 1.93 bits per heavy atom. The molecule has 0 bridgehead atoms. The summed E-state index contributed by atoms with van der Waals surface area (Å²) in [4.78, 5) is 6.95. The molecule has 0 aliphatic carbocycles. The maximum absolute atomic E-state index is 8.80. The van der Waals surface area contributed by atoms with E-state index in [1.165, 1.54) is 0 Å². The lowest BCUT2D eigenvalue weighted by atomic mass is 10.0. The van der Waals surface area contributed by atoms with Crippen LogP contribution in [-0.2, 0) is 0 Å². The second-order valence-electron chi connectivity index (χ2n) is 4.60. The van der Waals surface area contributed by atoms with Crippen molar-refractivity contribution in [3.05, 3.63) is 0 Å². The summed E-state index contributed by atoms with van der Waals surface area (Å²) in [5, 5.41) is 9.93. The second kappa shape index (κ2) is 3.83. The molecule has 0 atom stereocenters. The molecule has 1 aliphatic heterocycles. The molecule has 0 aromatic carbocycles. The van der Waals surface area contributed by atoms with Gasteiger partial charge in [-0.15, -0.1) is 11.8 Å². The normalized spacial score (nSPS) is 25.1. The minimum absolute atomic E-state index is 0.0106. The third-order valence-electron chi connectivity index (χ3n) is 2.89. The van der Waals surface area contributed by atoms with Crippen LogP contribution in [0, 0.1) is 0 Å². The largest absolute Gasteiger partial charge is 0.396 e. The monoisotopic (exact) mass is 216 g/mol. The molecule has 0 saturated heterocycles. The van der Waals surface area contributed by atoms with Crippen LogP contribution < -0.4 is 0 Å². The Kier molecular flexibility index (Phi) is 3.29. The highest BCUT2D eigenvalue weighted by atomic mass is 32.2. The molecule has 0 amide bonds.